The summed E-state index contributed by atoms with van der Waals surface area (Å²) in [5.41, 5.74) is 5.33. The first-order chi connectivity index (χ1) is 13.7. The molecule has 0 heterocycles. The van der Waals surface area contributed by atoms with Crippen LogP contribution in [-0.2, 0) is 9.53 Å². The summed E-state index contributed by atoms with van der Waals surface area (Å²) in [5.74, 6) is -0.276. The zero-order valence-electron chi connectivity index (χ0n) is 19.7. The van der Waals surface area contributed by atoms with Crippen LogP contribution in [0.15, 0.2) is 58.7 Å². The van der Waals surface area contributed by atoms with Crippen LogP contribution in [-0.4, -0.2) is 37.1 Å². The van der Waals surface area contributed by atoms with Gasteiger partial charge in [0.2, 0.25) is 0 Å². The second-order valence-corrected chi connectivity index (χ2v) is 8.62. The molecule has 3 heteroatoms. The second-order valence-electron chi connectivity index (χ2n) is 8.62. The van der Waals surface area contributed by atoms with E-state index >= 15 is 0 Å². The van der Waals surface area contributed by atoms with Crippen LogP contribution in [0.3, 0.4) is 0 Å². The highest BCUT2D eigenvalue weighted by molar-refractivity contribution is 5.83. The van der Waals surface area contributed by atoms with E-state index in [1.807, 2.05) is 19.1 Å². The van der Waals surface area contributed by atoms with Crippen molar-refractivity contribution in [1.82, 2.24) is 4.90 Å². The first kappa shape index (κ1) is 25.2. The van der Waals surface area contributed by atoms with Gasteiger partial charge in [0, 0.05) is 12.6 Å². The van der Waals surface area contributed by atoms with E-state index in [4.69, 9.17) is 4.74 Å². The van der Waals surface area contributed by atoms with Crippen molar-refractivity contribution in [2.24, 2.45) is 5.41 Å². The molecular formula is C26H41NO2. The van der Waals surface area contributed by atoms with Crippen molar-refractivity contribution in [3.05, 3.63) is 58.7 Å². The number of hydrogen-bond donors (Lipinski definition) is 0. The fourth-order valence-electron chi connectivity index (χ4n) is 3.72. The number of carbonyl (C=O) groups excluding carboxylic acids is 1. The smallest absolute Gasteiger partial charge is 0.331 e. The lowest BCUT2D eigenvalue weighted by Gasteiger charge is -2.32. The van der Waals surface area contributed by atoms with E-state index in [-0.39, 0.29) is 11.4 Å². The van der Waals surface area contributed by atoms with Gasteiger partial charge < -0.3 is 9.64 Å². The predicted octanol–water partition coefficient (Wildman–Crippen LogP) is 6.40. The molecule has 0 atom stereocenters. The van der Waals surface area contributed by atoms with Gasteiger partial charge in [-0.3, -0.25) is 0 Å². The molecule has 0 saturated heterocycles. The summed E-state index contributed by atoms with van der Waals surface area (Å²) in [5, 5.41) is 0. The largest absolute Gasteiger partial charge is 0.461 e. The molecule has 0 aliphatic heterocycles. The molecule has 0 unspecified atom stereocenters. The maximum atomic E-state index is 11.9. The fourth-order valence-corrected chi connectivity index (χ4v) is 3.72. The third-order valence-corrected chi connectivity index (χ3v) is 5.67. The number of likely N-dealkylation sites (N-methyl/N-ethyl adjacent to an activating group) is 1. The molecule has 1 aliphatic rings. The highest BCUT2D eigenvalue weighted by Gasteiger charge is 2.26. The third-order valence-electron chi connectivity index (χ3n) is 5.67. The molecule has 0 bridgehead atoms. The molecule has 0 saturated carbocycles. The molecule has 0 aromatic heterocycles. The molecule has 3 nitrogen and oxygen atoms in total. The van der Waals surface area contributed by atoms with Crippen molar-refractivity contribution < 1.29 is 9.53 Å². The van der Waals surface area contributed by atoms with Crippen LogP contribution < -0.4 is 0 Å². The predicted molar refractivity (Wildman–Crippen MR) is 125 cm³/mol. The second kappa shape index (κ2) is 12.6. The first-order valence-electron chi connectivity index (χ1n) is 11.0. The van der Waals surface area contributed by atoms with Gasteiger partial charge in [-0.05, 0) is 69.7 Å². The minimum absolute atomic E-state index is 0.264. The van der Waals surface area contributed by atoms with Crippen LogP contribution in [0.1, 0.15) is 67.7 Å². The van der Waals surface area contributed by atoms with Gasteiger partial charge in [0.05, 0.1) is 0 Å². The van der Waals surface area contributed by atoms with E-state index in [1.54, 1.807) is 6.08 Å². The molecule has 0 amide bonds. The minimum Gasteiger partial charge on any atom is -0.461 e. The lowest BCUT2D eigenvalue weighted by atomic mass is 9.72. The fraction of sp³-hybridized carbons (Fsp3) is 0.577. The third kappa shape index (κ3) is 9.45. The van der Waals surface area contributed by atoms with Crippen molar-refractivity contribution in [1.29, 1.82) is 0 Å². The van der Waals surface area contributed by atoms with Gasteiger partial charge >= 0.3 is 5.97 Å². The molecule has 0 radical (unpaired) electrons. The Morgan fingerprint density at radius 1 is 1.14 bits per heavy atom. The Labute approximate surface area is 178 Å². The number of ether oxygens (including phenoxy) is 1. The van der Waals surface area contributed by atoms with E-state index in [1.165, 1.54) is 36.0 Å². The number of rotatable bonds is 10. The normalized spacial score (nSPS) is 18.3. The monoisotopic (exact) mass is 399 g/mol. The Hall–Kier alpha value is -1.87. The van der Waals surface area contributed by atoms with Crippen LogP contribution in [0.2, 0.25) is 0 Å². The quantitative estimate of drug-likeness (QED) is 0.242. The van der Waals surface area contributed by atoms with Gasteiger partial charge in [0.1, 0.15) is 6.61 Å². The Balaban J connectivity index is 2.58. The van der Waals surface area contributed by atoms with E-state index in [9.17, 15) is 4.79 Å². The molecule has 0 N–H and O–H groups in total. The van der Waals surface area contributed by atoms with Crippen molar-refractivity contribution in [3.8, 4) is 0 Å². The molecule has 29 heavy (non-hydrogen) atoms. The van der Waals surface area contributed by atoms with E-state index in [0.29, 0.717) is 6.61 Å². The highest BCUT2D eigenvalue weighted by Crippen LogP contribution is 2.40. The molecule has 0 aromatic carbocycles. The molecule has 1 rings (SSSR count). The molecule has 1 aliphatic carbocycles. The Morgan fingerprint density at radius 2 is 1.83 bits per heavy atom. The Kier molecular flexibility index (Phi) is 11.0. The molecule has 162 valence electrons. The molecule has 0 aromatic rings. The average molecular weight is 400 g/mol. The number of allylic oxidation sites excluding steroid dienone is 9. The van der Waals surface area contributed by atoms with E-state index in [2.05, 4.69) is 64.7 Å². The Morgan fingerprint density at radius 3 is 2.45 bits per heavy atom. The van der Waals surface area contributed by atoms with Crippen LogP contribution in [0.25, 0.3) is 0 Å². The van der Waals surface area contributed by atoms with Crippen LogP contribution >= 0.6 is 0 Å². The van der Waals surface area contributed by atoms with Crippen LogP contribution in [0.4, 0.5) is 0 Å². The SMILES string of the molecule is CCN(CC)CCOC(=O)C=C(C)C=C/C=C(/C)C=CC1=C(C)CCCC1(C)C. The van der Waals surface area contributed by atoms with Gasteiger partial charge in [0.15, 0.2) is 0 Å². The number of nitrogens with zero attached hydrogens (tertiary/aromatic N) is 1. The van der Waals surface area contributed by atoms with Gasteiger partial charge in [0.25, 0.3) is 0 Å². The molecule has 0 spiro atoms. The van der Waals surface area contributed by atoms with Crippen molar-refractivity contribution in [2.75, 3.05) is 26.2 Å². The number of esters is 1. The van der Waals surface area contributed by atoms with Gasteiger partial charge in [-0.2, -0.15) is 0 Å². The summed E-state index contributed by atoms with van der Waals surface area (Å²) in [6.07, 6.45) is 15.8. The first-order valence-corrected chi connectivity index (χ1v) is 11.0. The zero-order valence-corrected chi connectivity index (χ0v) is 19.7. The van der Waals surface area contributed by atoms with Crippen molar-refractivity contribution in [3.63, 3.8) is 0 Å². The van der Waals surface area contributed by atoms with Crippen molar-refractivity contribution >= 4 is 5.97 Å². The summed E-state index contributed by atoms with van der Waals surface area (Å²) >= 11 is 0. The van der Waals surface area contributed by atoms with Gasteiger partial charge in [-0.25, -0.2) is 4.79 Å². The molecular weight excluding hydrogens is 358 g/mol. The molecule has 0 fully saturated rings. The lowest BCUT2D eigenvalue weighted by molar-refractivity contribution is -0.138. The summed E-state index contributed by atoms with van der Waals surface area (Å²) in [4.78, 5) is 14.1. The zero-order chi connectivity index (χ0) is 21.9. The maximum absolute atomic E-state index is 11.9. The maximum Gasteiger partial charge on any atom is 0.331 e. The summed E-state index contributed by atoms with van der Waals surface area (Å²) < 4.78 is 5.29. The van der Waals surface area contributed by atoms with E-state index in [0.717, 1.165) is 25.2 Å². The lowest BCUT2D eigenvalue weighted by Crippen LogP contribution is -2.27. The summed E-state index contributed by atoms with van der Waals surface area (Å²) in [6, 6.07) is 0. The number of hydrogen-bond acceptors (Lipinski definition) is 3. The minimum atomic E-state index is -0.276. The van der Waals surface area contributed by atoms with Gasteiger partial charge in [-0.15, -0.1) is 0 Å². The highest BCUT2D eigenvalue weighted by atomic mass is 16.5. The van der Waals surface area contributed by atoms with Gasteiger partial charge in [-0.1, -0.05) is 69.2 Å². The van der Waals surface area contributed by atoms with Crippen molar-refractivity contribution in [2.45, 2.75) is 67.7 Å². The topological polar surface area (TPSA) is 29.5 Å². The van der Waals surface area contributed by atoms with Crippen LogP contribution in [0.5, 0.6) is 0 Å². The Bertz CT molecular complexity index is 685. The number of carbonyl (C=O) groups is 1. The summed E-state index contributed by atoms with van der Waals surface area (Å²) in [6.45, 7) is 18.3. The average Bonchev–Trinajstić information content (AvgIpc) is 2.64. The van der Waals surface area contributed by atoms with E-state index < -0.39 is 0 Å². The van der Waals surface area contributed by atoms with Crippen LogP contribution in [0, 0.1) is 5.41 Å². The standard InChI is InChI=1S/C26H41NO2/c1-8-27(9-2)18-19-29-25(28)20-22(4)13-10-12-21(3)15-16-24-23(5)14-11-17-26(24,6)7/h10,12-13,15-16,20H,8-9,11,14,17-19H2,1-7H3/b13-10?,16-15?,21-12-,22-20?. The summed E-state index contributed by atoms with van der Waals surface area (Å²) in [7, 11) is 0.